The molecule has 2 N–H and O–H groups in total. The van der Waals surface area contributed by atoms with Crippen molar-refractivity contribution in [2.75, 3.05) is 5.73 Å². The number of nitrogen functional groups attached to an aromatic ring is 1. The van der Waals surface area contributed by atoms with E-state index in [0.717, 1.165) is 0 Å². The highest BCUT2D eigenvalue weighted by molar-refractivity contribution is 5.54. The van der Waals surface area contributed by atoms with Crippen LogP contribution in [0.25, 0.3) is 0 Å². The van der Waals surface area contributed by atoms with Crippen LogP contribution in [0.1, 0.15) is 12.6 Å². The van der Waals surface area contributed by atoms with E-state index in [1.807, 2.05) is 6.07 Å². The first-order valence-corrected chi connectivity index (χ1v) is 3.01. The SMILES string of the molecule is CC=Nn1cnc(C#N)c1N. The largest absolute Gasteiger partial charge is 0.381 e. The summed E-state index contributed by atoms with van der Waals surface area (Å²) in [5.41, 5.74) is 5.67. The molecule has 0 bridgehead atoms. The number of imidazole rings is 1. The van der Waals surface area contributed by atoms with Gasteiger partial charge in [0.25, 0.3) is 0 Å². The van der Waals surface area contributed by atoms with Crippen LogP contribution in [0.15, 0.2) is 11.4 Å². The van der Waals surface area contributed by atoms with Gasteiger partial charge >= 0.3 is 0 Å². The van der Waals surface area contributed by atoms with Gasteiger partial charge in [-0.2, -0.15) is 10.4 Å². The summed E-state index contributed by atoms with van der Waals surface area (Å²) < 4.78 is 1.35. The maximum Gasteiger partial charge on any atom is 0.184 e. The Balaban J connectivity index is 3.13. The Morgan fingerprint density at radius 1 is 1.91 bits per heavy atom. The lowest BCUT2D eigenvalue weighted by Crippen LogP contribution is -1.96. The molecular formula is C6H7N5. The summed E-state index contributed by atoms with van der Waals surface area (Å²) >= 11 is 0. The zero-order valence-electron chi connectivity index (χ0n) is 6.02. The van der Waals surface area contributed by atoms with Gasteiger partial charge in [0, 0.05) is 6.21 Å². The molecule has 0 fully saturated rings. The Hall–Kier alpha value is -1.83. The van der Waals surface area contributed by atoms with E-state index < -0.39 is 0 Å². The Morgan fingerprint density at radius 3 is 3.09 bits per heavy atom. The molecule has 0 aromatic carbocycles. The number of hydrogen-bond acceptors (Lipinski definition) is 4. The monoisotopic (exact) mass is 149 g/mol. The summed E-state index contributed by atoms with van der Waals surface area (Å²) in [5.74, 6) is 0.269. The van der Waals surface area contributed by atoms with Gasteiger partial charge in [0.05, 0.1) is 0 Å². The van der Waals surface area contributed by atoms with Crippen molar-refractivity contribution in [1.29, 1.82) is 5.26 Å². The minimum Gasteiger partial charge on any atom is -0.381 e. The minimum absolute atomic E-state index is 0.204. The summed E-state index contributed by atoms with van der Waals surface area (Å²) in [4.78, 5) is 3.72. The average molecular weight is 149 g/mol. The van der Waals surface area contributed by atoms with Crippen molar-refractivity contribution in [3.8, 4) is 6.07 Å². The molecule has 0 amide bonds. The van der Waals surface area contributed by atoms with Crippen molar-refractivity contribution in [3.05, 3.63) is 12.0 Å². The van der Waals surface area contributed by atoms with Crippen molar-refractivity contribution >= 4 is 12.0 Å². The molecule has 0 atom stereocenters. The molecule has 0 radical (unpaired) electrons. The molecule has 0 unspecified atom stereocenters. The number of nitriles is 1. The maximum absolute atomic E-state index is 8.44. The number of anilines is 1. The lowest BCUT2D eigenvalue weighted by Gasteiger charge is -1.92. The lowest BCUT2D eigenvalue weighted by molar-refractivity contribution is 0.892. The fraction of sp³-hybridized carbons (Fsp3) is 0.167. The van der Waals surface area contributed by atoms with Crippen LogP contribution in [0.4, 0.5) is 5.82 Å². The highest BCUT2D eigenvalue weighted by Gasteiger charge is 2.03. The summed E-state index contributed by atoms with van der Waals surface area (Å²) in [6.07, 6.45) is 2.97. The van der Waals surface area contributed by atoms with Crippen LogP contribution in [0.2, 0.25) is 0 Å². The molecule has 1 aromatic heterocycles. The Kier molecular flexibility index (Phi) is 1.88. The molecule has 1 rings (SSSR count). The van der Waals surface area contributed by atoms with E-state index >= 15 is 0 Å². The molecule has 56 valence electrons. The van der Waals surface area contributed by atoms with Crippen LogP contribution >= 0.6 is 0 Å². The van der Waals surface area contributed by atoms with Crippen molar-refractivity contribution in [3.63, 3.8) is 0 Å². The Morgan fingerprint density at radius 2 is 2.64 bits per heavy atom. The summed E-state index contributed by atoms with van der Waals surface area (Å²) in [6, 6.07) is 1.84. The standard InChI is InChI=1S/C6H7N5/c1-2-10-11-4-9-5(3-7)6(11)8/h2,4H,8H2,1H3. The van der Waals surface area contributed by atoms with E-state index in [0.29, 0.717) is 0 Å². The first kappa shape index (κ1) is 7.28. The summed E-state index contributed by atoms with van der Waals surface area (Å²) in [5, 5.41) is 12.3. The van der Waals surface area contributed by atoms with Crippen LogP contribution in [-0.4, -0.2) is 15.9 Å². The molecule has 0 spiro atoms. The lowest BCUT2D eigenvalue weighted by atomic mass is 10.5. The average Bonchev–Trinajstić information content (AvgIpc) is 2.34. The molecule has 5 nitrogen and oxygen atoms in total. The minimum atomic E-state index is 0.204. The van der Waals surface area contributed by atoms with Gasteiger partial charge in [0.1, 0.15) is 12.4 Å². The smallest absolute Gasteiger partial charge is 0.184 e. The molecule has 1 heterocycles. The van der Waals surface area contributed by atoms with Crippen LogP contribution in [0.5, 0.6) is 0 Å². The van der Waals surface area contributed by atoms with Gasteiger partial charge < -0.3 is 5.73 Å². The Bertz CT molecular complexity index is 316. The van der Waals surface area contributed by atoms with Gasteiger partial charge in [-0.3, -0.25) is 0 Å². The van der Waals surface area contributed by atoms with E-state index in [-0.39, 0.29) is 11.5 Å². The quantitative estimate of drug-likeness (QED) is 0.579. The molecular weight excluding hydrogens is 142 g/mol. The van der Waals surface area contributed by atoms with Crippen molar-refractivity contribution in [2.24, 2.45) is 5.10 Å². The third-order valence-corrected chi connectivity index (χ3v) is 1.13. The Labute approximate surface area is 63.8 Å². The predicted molar refractivity (Wildman–Crippen MR) is 40.9 cm³/mol. The number of nitrogens with two attached hydrogens (primary N) is 1. The first-order chi connectivity index (χ1) is 5.29. The van der Waals surface area contributed by atoms with Gasteiger partial charge in [-0.05, 0) is 6.92 Å². The third kappa shape index (κ3) is 1.19. The van der Waals surface area contributed by atoms with Gasteiger partial charge in [0.2, 0.25) is 0 Å². The van der Waals surface area contributed by atoms with Crippen LogP contribution in [0, 0.1) is 11.3 Å². The van der Waals surface area contributed by atoms with Crippen molar-refractivity contribution in [2.45, 2.75) is 6.92 Å². The molecule has 0 aliphatic carbocycles. The fourth-order valence-corrected chi connectivity index (χ4v) is 0.652. The summed E-state index contributed by atoms with van der Waals surface area (Å²) in [6.45, 7) is 1.76. The number of nitrogens with zero attached hydrogens (tertiary/aromatic N) is 4. The fourth-order valence-electron chi connectivity index (χ4n) is 0.652. The second-order valence-corrected chi connectivity index (χ2v) is 1.81. The van der Waals surface area contributed by atoms with E-state index in [1.165, 1.54) is 11.0 Å². The van der Waals surface area contributed by atoms with E-state index in [2.05, 4.69) is 10.1 Å². The van der Waals surface area contributed by atoms with Gasteiger partial charge in [-0.15, -0.1) is 0 Å². The molecule has 11 heavy (non-hydrogen) atoms. The molecule has 0 aliphatic rings. The van der Waals surface area contributed by atoms with Gasteiger partial charge in [0.15, 0.2) is 11.5 Å². The molecule has 0 saturated carbocycles. The van der Waals surface area contributed by atoms with Crippen LogP contribution in [0.3, 0.4) is 0 Å². The topological polar surface area (TPSA) is 80.0 Å². The normalized spacial score (nSPS) is 10.2. The second kappa shape index (κ2) is 2.84. The van der Waals surface area contributed by atoms with Gasteiger partial charge in [-0.25, -0.2) is 9.66 Å². The number of rotatable bonds is 1. The zero-order valence-corrected chi connectivity index (χ0v) is 6.02. The molecule has 1 aromatic rings. The third-order valence-electron chi connectivity index (χ3n) is 1.13. The van der Waals surface area contributed by atoms with Gasteiger partial charge in [-0.1, -0.05) is 0 Å². The first-order valence-electron chi connectivity index (χ1n) is 3.01. The molecule has 0 saturated heterocycles. The van der Waals surface area contributed by atoms with Crippen molar-refractivity contribution < 1.29 is 0 Å². The van der Waals surface area contributed by atoms with E-state index in [4.69, 9.17) is 11.0 Å². The highest BCUT2D eigenvalue weighted by atomic mass is 15.4. The summed E-state index contributed by atoms with van der Waals surface area (Å²) in [7, 11) is 0. The second-order valence-electron chi connectivity index (χ2n) is 1.81. The van der Waals surface area contributed by atoms with Crippen LogP contribution in [-0.2, 0) is 0 Å². The maximum atomic E-state index is 8.44. The number of hydrogen-bond donors (Lipinski definition) is 1. The zero-order chi connectivity index (χ0) is 8.27. The number of aromatic nitrogens is 2. The van der Waals surface area contributed by atoms with E-state index in [1.54, 1.807) is 13.1 Å². The van der Waals surface area contributed by atoms with Crippen molar-refractivity contribution in [1.82, 2.24) is 9.66 Å². The molecule has 5 heteroatoms. The van der Waals surface area contributed by atoms with E-state index in [9.17, 15) is 0 Å². The van der Waals surface area contributed by atoms with Crippen LogP contribution < -0.4 is 5.73 Å². The predicted octanol–water partition coefficient (Wildman–Crippen LogP) is 0.191. The molecule has 0 aliphatic heterocycles. The highest BCUT2D eigenvalue weighted by Crippen LogP contribution is 2.06.